The zero-order chi connectivity index (χ0) is 37.0. The Balaban J connectivity index is 1.13. The minimum absolute atomic E-state index is 0.725. The van der Waals surface area contributed by atoms with Gasteiger partial charge in [-0.3, -0.25) is 0 Å². The lowest BCUT2D eigenvalue weighted by Crippen LogP contribution is -1.95. The number of benzene rings is 8. The third kappa shape index (κ3) is 5.42. The van der Waals surface area contributed by atoms with Gasteiger partial charge in [0.05, 0.1) is 16.7 Å². The summed E-state index contributed by atoms with van der Waals surface area (Å²) in [4.78, 5) is 11.6. The lowest BCUT2D eigenvalue weighted by molar-refractivity contribution is 1.18. The Morgan fingerprint density at radius 1 is 0.375 bits per heavy atom. The summed E-state index contributed by atoms with van der Waals surface area (Å²) >= 11 is 1.73. The molecule has 4 heteroatoms. The largest absolute Gasteiger partial charge is 0.309 e. The van der Waals surface area contributed by atoms with E-state index in [1.165, 1.54) is 54.2 Å². The fraction of sp³-hybridized carbons (Fsp3) is 0. The van der Waals surface area contributed by atoms with Crippen molar-refractivity contribution in [2.75, 3.05) is 0 Å². The number of aromatic nitrogens is 3. The van der Waals surface area contributed by atoms with Crippen LogP contribution in [-0.2, 0) is 0 Å². The molecule has 11 rings (SSSR count). The molecule has 3 heterocycles. The van der Waals surface area contributed by atoms with Crippen molar-refractivity contribution in [3.05, 3.63) is 200 Å². The molecule has 0 atom stereocenters. The molecule has 3 aromatic heterocycles. The zero-order valence-corrected chi connectivity index (χ0v) is 31.1. The molecule has 8 aromatic carbocycles. The van der Waals surface area contributed by atoms with Crippen molar-refractivity contribution in [2.24, 2.45) is 0 Å². The molecule has 0 aliphatic carbocycles. The van der Waals surface area contributed by atoms with Crippen LogP contribution in [0.25, 0.3) is 104 Å². The van der Waals surface area contributed by atoms with E-state index in [1.54, 1.807) is 11.3 Å². The van der Waals surface area contributed by atoms with Crippen LogP contribution in [-0.4, -0.2) is 14.5 Å². The van der Waals surface area contributed by atoms with Gasteiger partial charge in [-0.1, -0.05) is 158 Å². The minimum Gasteiger partial charge on any atom is -0.309 e. The smallest absolute Gasteiger partial charge is 0.161 e. The molecular weight excluding hydrogens is 699 g/mol. The van der Waals surface area contributed by atoms with Gasteiger partial charge in [-0.15, -0.1) is 11.3 Å². The zero-order valence-electron chi connectivity index (χ0n) is 30.3. The van der Waals surface area contributed by atoms with Crippen LogP contribution in [0, 0.1) is 0 Å². The Morgan fingerprint density at radius 3 is 1.79 bits per heavy atom. The van der Waals surface area contributed by atoms with Crippen LogP contribution in [0.3, 0.4) is 0 Å². The van der Waals surface area contributed by atoms with Crippen molar-refractivity contribution in [1.82, 2.24) is 14.5 Å². The van der Waals surface area contributed by atoms with E-state index in [0.717, 1.165) is 49.6 Å². The van der Waals surface area contributed by atoms with E-state index in [1.807, 2.05) is 0 Å². The van der Waals surface area contributed by atoms with Crippen molar-refractivity contribution < 1.29 is 0 Å². The highest BCUT2D eigenvalue weighted by Gasteiger charge is 2.20. The average Bonchev–Trinajstić information content (AvgIpc) is 3.83. The van der Waals surface area contributed by atoms with E-state index in [0.29, 0.717) is 0 Å². The van der Waals surface area contributed by atoms with E-state index < -0.39 is 0 Å². The van der Waals surface area contributed by atoms with Gasteiger partial charge in [0.2, 0.25) is 0 Å². The Morgan fingerprint density at radius 2 is 1.00 bits per heavy atom. The summed E-state index contributed by atoms with van der Waals surface area (Å²) < 4.78 is 3.64. The molecule has 0 N–H and O–H groups in total. The molecule has 0 amide bonds. The number of rotatable bonds is 6. The maximum Gasteiger partial charge on any atom is 0.161 e. The monoisotopic (exact) mass is 731 g/mol. The molecule has 262 valence electrons. The normalized spacial score (nSPS) is 11.6. The van der Waals surface area contributed by atoms with Crippen LogP contribution in [0.15, 0.2) is 200 Å². The second kappa shape index (κ2) is 13.3. The molecule has 0 radical (unpaired) electrons. The second-order valence-corrected chi connectivity index (χ2v) is 15.2. The van der Waals surface area contributed by atoms with E-state index in [-0.39, 0.29) is 0 Å². The number of nitrogens with zero attached hydrogens (tertiary/aromatic N) is 3. The topological polar surface area (TPSA) is 30.7 Å². The van der Waals surface area contributed by atoms with Gasteiger partial charge in [-0.05, 0) is 75.8 Å². The fourth-order valence-corrected chi connectivity index (χ4v) is 9.31. The van der Waals surface area contributed by atoms with E-state index in [4.69, 9.17) is 9.97 Å². The highest BCUT2D eigenvalue weighted by molar-refractivity contribution is 7.25. The van der Waals surface area contributed by atoms with Crippen LogP contribution >= 0.6 is 11.3 Å². The van der Waals surface area contributed by atoms with Crippen molar-refractivity contribution in [1.29, 1.82) is 0 Å². The summed E-state index contributed by atoms with van der Waals surface area (Å²) in [5.74, 6) is 0.725. The van der Waals surface area contributed by atoms with Gasteiger partial charge < -0.3 is 4.57 Å². The molecule has 0 unspecified atom stereocenters. The van der Waals surface area contributed by atoms with Crippen LogP contribution in [0.1, 0.15) is 0 Å². The van der Waals surface area contributed by atoms with E-state index in [9.17, 15) is 0 Å². The summed E-state index contributed by atoms with van der Waals surface area (Å²) in [5, 5.41) is 4.73. The lowest BCUT2D eigenvalue weighted by Gasteiger charge is -2.11. The molecular formula is C52H33N3S. The van der Waals surface area contributed by atoms with Crippen molar-refractivity contribution in [3.8, 4) is 61.7 Å². The standard InChI is InChI=1S/C52H33N3S/c1-4-15-34(16-5-1)37-21-13-24-41(32-37)55-45-30-29-38(35-17-6-2-7-18-35)33-44(45)48-42(26-14-27-46(48)55)39-22-12-23-40(31-39)51-53-50(36-19-8-3-9-20-36)49-43-25-10-11-28-47(43)56-52(49)54-51/h1-33H. The van der Waals surface area contributed by atoms with Gasteiger partial charge >= 0.3 is 0 Å². The number of thiophene rings is 1. The molecule has 0 aliphatic rings. The van der Waals surface area contributed by atoms with Gasteiger partial charge in [0.25, 0.3) is 0 Å². The van der Waals surface area contributed by atoms with Crippen LogP contribution in [0.2, 0.25) is 0 Å². The molecule has 11 aromatic rings. The summed E-state index contributed by atoms with van der Waals surface area (Å²) in [6, 6.07) is 71.6. The molecule has 0 fully saturated rings. The third-order valence-electron chi connectivity index (χ3n) is 10.8. The first-order chi connectivity index (χ1) is 27.8. The minimum atomic E-state index is 0.725. The van der Waals surface area contributed by atoms with Gasteiger partial charge in [0.15, 0.2) is 5.82 Å². The first-order valence-electron chi connectivity index (χ1n) is 18.9. The maximum atomic E-state index is 5.32. The number of hydrogen-bond donors (Lipinski definition) is 0. The molecule has 0 aliphatic heterocycles. The number of hydrogen-bond acceptors (Lipinski definition) is 3. The molecule has 0 saturated carbocycles. The Bertz CT molecular complexity index is 3240. The first kappa shape index (κ1) is 32.3. The quantitative estimate of drug-likeness (QED) is 0.170. The number of fused-ring (bicyclic) bond motifs is 6. The maximum absolute atomic E-state index is 5.32. The lowest BCUT2D eigenvalue weighted by atomic mass is 9.96. The van der Waals surface area contributed by atoms with Gasteiger partial charge in [0, 0.05) is 43.1 Å². The molecule has 3 nitrogen and oxygen atoms in total. The Hall–Kier alpha value is -7.14. The van der Waals surface area contributed by atoms with Gasteiger partial charge in [0.1, 0.15) is 4.83 Å². The SMILES string of the molecule is c1ccc(-c2cccc(-n3c4ccc(-c5ccccc5)cc4c4c(-c5cccc(-c6nc(-c7ccccc7)c7c(n6)sc6ccccc67)c5)cccc43)c2)cc1. The summed E-state index contributed by atoms with van der Waals surface area (Å²) in [6.07, 6.45) is 0. The average molecular weight is 732 g/mol. The van der Waals surface area contributed by atoms with Crippen LogP contribution in [0.5, 0.6) is 0 Å². The van der Waals surface area contributed by atoms with Crippen molar-refractivity contribution in [3.63, 3.8) is 0 Å². The summed E-state index contributed by atoms with van der Waals surface area (Å²) in [6.45, 7) is 0. The summed E-state index contributed by atoms with van der Waals surface area (Å²) in [7, 11) is 0. The fourth-order valence-electron chi connectivity index (χ4n) is 8.24. The van der Waals surface area contributed by atoms with E-state index >= 15 is 0 Å². The molecule has 0 saturated heterocycles. The second-order valence-electron chi connectivity index (χ2n) is 14.2. The Kier molecular flexibility index (Phi) is 7.68. The summed E-state index contributed by atoms with van der Waals surface area (Å²) in [5.41, 5.74) is 13.6. The Labute approximate surface area is 328 Å². The first-order valence-corrected chi connectivity index (χ1v) is 19.7. The predicted octanol–water partition coefficient (Wildman–Crippen LogP) is 14.3. The molecule has 56 heavy (non-hydrogen) atoms. The molecule has 0 bridgehead atoms. The highest BCUT2D eigenvalue weighted by atomic mass is 32.1. The predicted molar refractivity (Wildman–Crippen MR) is 236 cm³/mol. The third-order valence-corrected chi connectivity index (χ3v) is 11.9. The van der Waals surface area contributed by atoms with E-state index in [2.05, 4.69) is 205 Å². The van der Waals surface area contributed by atoms with Crippen molar-refractivity contribution >= 4 is 53.4 Å². The highest BCUT2D eigenvalue weighted by Crippen LogP contribution is 2.43. The van der Waals surface area contributed by atoms with Crippen LogP contribution in [0.4, 0.5) is 0 Å². The molecule has 0 spiro atoms. The van der Waals surface area contributed by atoms with Gasteiger partial charge in [-0.2, -0.15) is 0 Å². The van der Waals surface area contributed by atoms with Crippen molar-refractivity contribution in [2.45, 2.75) is 0 Å². The van der Waals surface area contributed by atoms with Gasteiger partial charge in [-0.25, -0.2) is 9.97 Å². The van der Waals surface area contributed by atoms with Crippen LogP contribution < -0.4 is 0 Å².